The van der Waals surface area contributed by atoms with Crippen LogP contribution in [-0.4, -0.2) is 50.0 Å². The molecule has 2 amide bonds. The Morgan fingerprint density at radius 3 is 2.11 bits per heavy atom. The SMILES string of the molecule is COc1cc2ccccc2cc1C(=O)Nc1ccccc1N1CCN(C(=O)c2ccccc2)CC1. The van der Waals surface area contributed by atoms with Gasteiger partial charge < -0.3 is 19.9 Å². The van der Waals surface area contributed by atoms with Gasteiger partial charge in [0.2, 0.25) is 0 Å². The molecule has 176 valence electrons. The van der Waals surface area contributed by atoms with Crippen LogP contribution in [0.25, 0.3) is 10.8 Å². The predicted molar refractivity (Wildman–Crippen MR) is 139 cm³/mol. The van der Waals surface area contributed by atoms with E-state index in [2.05, 4.69) is 10.2 Å². The summed E-state index contributed by atoms with van der Waals surface area (Å²) in [5, 5.41) is 5.08. The predicted octanol–water partition coefficient (Wildman–Crippen LogP) is 5.06. The molecule has 0 aromatic heterocycles. The van der Waals surface area contributed by atoms with Crippen LogP contribution >= 0.6 is 0 Å². The number of methoxy groups -OCH3 is 1. The summed E-state index contributed by atoms with van der Waals surface area (Å²) < 4.78 is 5.52. The van der Waals surface area contributed by atoms with Gasteiger partial charge in [0.15, 0.2) is 0 Å². The number of hydrogen-bond acceptors (Lipinski definition) is 4. The lowest BCUT2D eigenvalue weighted by Gasteiger charge is -2.37. The molecule has 0 aliphatic carbocycles. The zero-order chi connectivity index (χ0) is 24.2. The Kier molecular flexibility index (Phi) is 6.35. The van der Waals surface area contributed by atoms with Crippen LogP contribution in [0.5, 0.6) is 5.75 Å². The van der Waals surface area contributed by atoms with Gasteiger partial charge in [-0.25, -0.2) is 0 Å². The molecular weight excluding hydrogens is 438 g/mol. The smallest absolute Gasteiger partial charge is 0.259 e. The summed E-state index contributed by atoms with van der Waals surface area (Å²) in [6.07, 6.45) is 0. The summed E-state index contributed by atoms with van der Waals surface area (Å²) in [5.74, 6) is 0.361. The molecule has 1 fully saturated rings. The number of nitrogens with zero attached hydrogens (tertiary/aromatic N) is 2. The third kappa shape index (κ3) is 4.68. The lowest BCUT2D eigenvalue weighted by atomic mass is 10.0. The number of fused-ring (bicyclic) bond motifs is 1. The monoisotopic (exact) mass is 465 g/mol. The van der Waals surface area contributed by atoms with Gasteiger partial charge in [-0.1, -0.05) is 54.6 Å². The fourth-order valence-corrected chi connectivity index (χ4v) is 4.52. The molecule has 1 aliphatic rings. The fourth-order valence-electron chi connectivity index (χ4n) is 4.52. The lowest BCUT2D eigenvalue weighted by Crippen LogP contribution is -2.49. The highest BCUT2D eigenvalue weighted by molar-refractivity contribution is 6.10. The summed E-state index contributed by atoms with van der Waals surface area (Å²) in [7, 11) is 1.57. The van der Waals surface area contributed by atoms with E-state index < -0.39 is 0 Å². The first-order valence-corrected chi connectivity index (χ1v) is 11.7. The first-order chi connectivity index (χ1) is 17.1. The summed E-state index contributed by atoms with van der Waals surface area (Å²) in [6.45, 7) is 2.61. The van der Waals surface area contributed by atoms with Crippen molar-refractivity contribution in [3.8, 4) is 5.75 Å². The van der Waals surface area contributed by atoms with Gasteiger partial charge in [-0.15, -0.1) is 0 Å². The first-order valence-electron chi connectivity index (χ1n) is 11.7. The highest BCUT2D eigenvalue weighted by Crippen LogP contribution is 2.30. The molecule has 0 unspecified atom stereocenters. The minimum Gasteiger partial charge on any atom is -0.496 e. The Balaban J connectivity index is 1.33. The molecule has 35 heavy (non-hydrogen) atoms. The molecule has 4 aromatic carbocycles. The zero-order valence-electron chi connectivity index (χ0n) is 19.6. The van der Waals surface area contributed by atoms with Gasteiger partial charge in [-0.3, -0.25) is 9.59 Å². The standard InChI is InChI=1S/C29H27N3O3/c1-35-27-20-23-12-6-5-11-22(23)19-24(27)28(33)30-25-13-7-8-14-26(25)31-15-17-32(18-16-31)29(34)21-9-3-2-4-10-21/h2-14,19-20H,15-18H2,1H3,(H,30,33). The van der Waals surface area contributed by atoms with Crippen LogP contribution in [-0.2, 0) is 0 Å². The molecule has 0 radical (unpaired) electrons. The summed E-state index contributed by atoms with van der Waals surface area (Å²) in [6, 6.07) is 28.8. The number of para-hydroxylation sites is 2. The highest BCUT2D eigenvalue weighted by Gasteiger charge is 2.24. The van der Waals surface area contributed by atoms with Crippen LogP contribution in [0, 0.1) is 0 Å². The maximum Gasteiger partial charge on any atom is 0.259 e. The quantitative estimate of drug-likeness (QED) is 0.447. The third-order valence-electron chi connectivity index (χ3n) is 6.39. The minimum absolute atomic E-state index is 0.0511. The van der Waals surface area contributed by atoms with Gasteiger partial charge >= 0.3 is 0 Å². The second-order valence-corrected chi connectivity index (χ2v) is 8.52. The van der Waals surface area contributed by atoms with Crippen molar-refractivity contribution in [2.75, 3.05) is 43.5 Å². The molecule has 6 heteroatoms. The van der Waals surface area contributed by atoms with Gasteiger partial charge in [-0.05, 0) is 47.2 Å². The largest absolute Gasteiger partial charge is 0.496 e. The summed E-state index contributed by atoms with van der Waals surface area (Å²) >= 11 is 0. The van der Waals surface area contributed by atoms with E-state index in [0.29, 0.717) is 43.1 Å². The summed E-state index contributed by atoms with van der Waals surface area (Å²) in [5.41, 5.74) is 2.86. The number of rotatable bonds is 5. The lowest BCUT2D eigenvalue weighted by molar-refractivity contribution is 0.0746. The van der Waals surface area contributed by atoms with Crippen LogP contribution in [0.1, 0.15) is 20.7 Å². The van der Waals surface area contributed by atoms with Gasteiger partial charge in [-0.2, -0.15) is 0 Å². The van der Waals surface area contributed by atoms with E-state index in [-0.39, 0.29) is 11.8 Å². The molecule has 6 nitrogen and oxygen atoms in total. The normalized spacial score (nSPS) is 13.5. The second-order valence-electron chi connectivity index (χ2n) is 8.52. The molecule has 0 saturated carbocycles. The van der Waals surface area contributed by atoms with E-state index in [1.807, 2.05) is 95.9 Å². The van der Waals surface area contributed by atoms with Crippen LogP contribution in [0.2, 0.25) is 0 Å². The van der Waals surface area contributed by atoms with Crippen molar-refractivity contribution in [1.82, 2.24) is 4.90 Å². The molecule has 0 bridgehead atoms. The van der Waals surface area contributed by atoms with E-state index in [1.54, 1.807) is 7.11 Å². The van der Waals surface area contributed by atoms with Crippen molar-refractivity contribution in [2.24, 2.45) is 0 Å². The molecular formula is C29H27N3O3. The third-order valence-corrected chi connectivity index (χ3v) is 6.39. The molecule has 4 aromatic rings. The number of ether oxygens (including phenoxy) is 1. The fraction of sp³-hybridized carbons (Fsp3) is 0.172. The number of piperazine rings is 1. The topological polar surface area (TPSA) is 61.9 Å². The Hall–Kier alpha value is -4.32. The average molecular weight is 466 g/mol. The molecule has 0 spiro atoms. The molecule has 1 aliphatic heterocycles. The first kappa shape index (κ1) is 22.5. The molecule has 1 N–H and O–H groups in total. The van der Waals surface area contributed by atoms with Crippen LogP contribution in [0.4, 0.5) is 11.4 Å². The number of hydrogen-bond donors (Lipinski definition) is 1. The number of benzene rings is 4. The van der Waals surface area contributed by atoms with E-state index in [4.69, 9.17) is 4.74 Å². The van der Waals surface area contributed by atoms with Crippen molar-refractivity contribution in [1.29, 1.82) is 0 Å². The highest BCUT2D eigenvalue weighted by atomic mass is 16.5. The molecule has 1 heterocycles. The zero-order valence-corrected chi connectivity index (χ0v) is 19.6. The van der Waals surface area contributed by atoms with Crippen molar-refractivity contribution in [3.63, 3.8) is 0 Å². The number of amides is 2. The van der Waals surface area contributed by atoms with Gasteiger partial charge in [0.05, 0.1) is 24.0 Å². The van der Waals surface area contributed by atoms with Gasteiger partial charge in [0, 0.05) is 31.7 Å². The molecule has 5 rings (SSSR count). The Morgan fingerprint density at radius 1 is 0.771 bits per heavy atom. The van der Waals surface area contributed by atoms with Crippen molar-refractivity contribution in [3.05, 3.63) is 102 Å². The Morgan fingerprint density at radius 2 is 1.40 bits per heavy atom. The van der Waals surface area contributed by atoms with Crippen LogP contribution < -0.4 is 15.0 Å². The van der Waals surface area contributed by atoms with Crippen molar-refractivity contribution in [2.45, 2.75) is 0 Å². The van der Waals surface area contributed by atoms with E-state index >= 15 is 0 Å². The number of carbonyl (C=O) groups is 2. The van der Waals surface area contributed by atoms with Crippen molar-refractivity contribution >= 4 is 34.0 Å². The maximum absolute atomic E-state index is 13.3. The van der Waals surface area contributed by atoms with E-state index in [9.17, 15) is 9.59 Å². The maximum atomic E-state index is 13.3. The van der Waals surface area contributed by atoms with Crippen LogP contribution in [0.3, 0.4) is 0 Å². The average Bonchev–Trinajstić information content (AvgIpc) is 2.92. The molecule has 1 saturated heterocycles. The number of carbonyl (C=O) groups excluding carboxylic acids is 2. The Bertz CT molecular complexity index is 1360. The molecule has 0 atom stereocenters. The van der Waals surface area contributed by atoms with E-state index in [1.165, 1.54) is 0 Å². The number of nitrogens with one attached hydrogen (secondary N) is 1. The second kappa shape index (κ2) is 9.89. The van der Waals surface area contributed by atoms with Crippen LogP contribution in [0.15, 0.2) is 91.0 Å². The van der Waals surface area contributed by atoms with E-state index in [0.717, 1.165) is 22.1 Å². The van der Waals surface area contributed by atoms with Gasteiger partial charge in [0.25, 0.3) is 11.8 Å². The summed E-state index contributed by atoms with van der Waals surface area (Å²) in [4.78, 5) is 30.2. The van der Waals surface area contributed by atoms with Crippen molar-refractivity contribution < 1.29 is 14.3 Å². The Labute approximate surface area is 204 Å². The minimum atomic E-state index is -0.224. The number of anilines is 2. The van der Waals surface area contributed by atoms with Gasteiger partial charge in [0.1, 0.15) is 5.75 Å².